The maximum atomic E-state index is 4.57. The van der Waals surface area contributed by atoms with Crippen molar-refractivity contribution >= 4 is 11.0 Å². The van der Waals surface area contributed by atoms with Gasteiger partial charge in [0.1, 0.15) is 0 Å². The Labute approximate surface area is 89.6 Å². The van der Waals surface area contributed by atoms with Crippen LogP contribution in [-0.4, -0.2) is 16.5 Å². The van der Waals surface area contributed by atoms with Gasteiger partial charge in [-0.25, -0.2) is 4.98 Å². The molecule has 0 bridgehead atoms. The SMILES string of the molecule is CCNC(C)c1cnc2ccccc2n1. The Morgan fingerprint density at radius 1 is 1.27 bits per heavy atom. The van der Waals surface area contributed by atoms with Crippen LogP contribution < -0.4 is 5.32 Å². The third-order valence-electron chi connectivity index (χ3n) is 2.42. The first kappa shape index (κ1) is 10.1. The molecule has 15 heavy (non-hydrogen) atoms. The summed E-state index contributed by atoms with van der Waals surface area (Å²) in [5.41, 5.74) is 2.90. The number of nitrogens with zero attached hydrogens (tertiary/aromatic N) is 2. The molecule has 0 aliphatic carbocycles. The fourth-order valence-corrected chi connectivity index (χ4v) is 1.59. The van der Waals surface area contributed by atoms with Crippen LogP contribution in [0.2, 0.25) is 0 Å². The van der Waals surface area contributed by atoms with Gasteiger partial charge in [-0.3, -0.25) is 4.98 Å². The van der Waals surface area contributed by atoms with Crippen LogP contribution in [0.15, 0.2) is 30.5 Å². The lowest BCUT2D eigenvalue weighted by atomic mass is 10.2. The summed E-state index contributed by atoms with van der Waals surface area (Å²) in [7, 11) is 0. The molecule has 0 fully saturated rings. The van der Waals surface area contributed by atoms with Crippen molar-refractivity contribution in [2.24, 2.45) is 0 Å². The third-order valence-corrected chi connectivity index (χ3v) is 2.42. The summed E-state index contributed by atoms with van der Waals surface area (Å²) in [5, 5.41) is 3.32. The Bertz CT molecular complexity index is 453. The standard InChI is InChI=1S/C12H15N3/c1-3-13-9(2)12-8-14-10-6-4-5-7-11(10)15-12/h4-9,13H,3H2,1-2H3. The van der Waals surface area contributed by atoms with E-state index in [4.69, 9.17) is 0 Å². The van der Waals surface area contributed by atoms with Gasteiger partial charge in [-0.05, 0) is 25.6 Å². The first-order valence-electron chi connectivity index (χ1n) is 5.26. The van der Waals surface area contributed by atoms with E-state index in [2.05, 4.69) is 29.1 Å². The summed E-state index contributed by atoms with van der Waals surface area (Å²) < 4.78 is 0. The van der Waals surface area contributed by atoms with Crippen molar-refractivity contribution in [3.8, 4) is 0 Å². The highest BCUT2D eigenvalue weighted by Gasteiger charge is 2.06. The molecule has 3 nitrogen and oxygen atoms in total. The Kier molecular flexibility index (Phi) is 2.92. The average Bonchev–Trinajstić information content (AvgIpc) is 2.29. The van der Waals surface area contributed by atoms with E-state index in [9.17, 15) is 0 Å². The molecule has 1 heterocycles. The molecule has 0 spiro atoms. The van der Waals surface area contributed by atoms with E-state index in [-0.39, 0.29) is 6.04 Å². The monoisotopic (exact) mass is 201 g/mol. The van der Waals surface area contributed by atoms with Crippen LogP contribution in [0.4, 0.5) is 0 Å². The second-order valence-electron chi connectivity index (χ2n) is 3.56. The van der Waals surface area contributed by atoms with Gasteiger partial charge >= 0.3 is 0 Å². The average molecular weight is 201 g/mol. The van der Waals surface area contributed by atoms with Gasteiger partial charge in [-0.1, -0.05) is 19.1 Å². The Morgan fingerprint density at radius 2 is 2.00 bits per heavy atom. The first-order valence-corrected chi connectivity index (χ1v) is 5.26. The second kappa shape index (κ2) is 4.36. The molecule has 1 N–H and O–H groups in total. The van der Waals surface area contributed by atoms with Crippen molar-refractivity contribution in [3.63, 3.8) is 0 Å². The molecule has 1 atom stereocenters. The van der Waals surface area contributed by atoms with Crippen molar-refractivity contribution in [2.45, 2.75) is 19.9 Å². The highest BCUT2D eigenvalue weighted by molar-refractivity contribution is 5.73. The summed E-state index contributed by atoms with van der Waals surface area (Å²) in [5.74, 6) is 0. The highest BCUT2D eigenvalue weighted by Crippen LogP contribution is 2.13. The third kappa shape index (κ3) is 2.13. The molecular weight excluding hydrogens is 186 g/mol. The number of hydrogen-bond acceptors (Lipinski definition) is 3. The van der Waals surface area contributed by atoms with E-state index < -0.39 is 0 Å². The summed E-state index contributed by atoms with van der Waals surface area (Å²) >= 11 is 0. The van der Waals surface area contributed by atoms with Crippen molar-refractivity contribution in [2.75, 3.05) is 6.54 Å². The zero-order valence-electron chi connectivity index (χ0n) is 9.07. The van der Waals surface area contributed by atoms with Crippen LogP contribution in [0, 0.1) is 0 Å². The Morgan fingerprint density at radius 3 is 2.73 bits per heavy atom. The maximum Gasteiger partial charge on any atom is 0.0890 e. The molecule has 0 aliphatic heterocycles. The number of fused-ring (bicyclic) bond motifs is 1. The van der Waals surface area contributed by atoms with Crippen LogP contribution in [0.25, 0.3) is 11.0 Å². The largest absolute Gasteiger partial charge is 0.309 e. The molecule has 1 aromatic heterocycles. The minimum Gasteiger partial charge on any atom is -0.309 e. The summed E-state index contributed by atoms with van der Waals surface area (Å²) in [4.78, 5) is 8.95. The van der Waals surface area contributed by atoms with Crippen molar-refractivity contribution in [1.82, 2.24) is 15.3 Å². The lowest BCUT2D eigenvalue weighted by Crippen LogP contribution is -2.18. The van der Waals surface area contributed by atoms with E-state index in [1.54, 1.807) is 0 Å². The molecule has 0 amide bonds. The van der Waals surface area contributed by atoms with E-state index in [1.165, 1.54) is 0 Å². The van der Waals surface area contributed by atoms with Gasteiger partial charge in [0, 0.05) is 6.04 Å². The number of para-hydroxylation sites is 2. The lowest BCUT2D eigenvalue weighted by Gasteiger charge is -2.11. The summed E-state index contributed by atoms with van der Waals surface area (Å²) in [6.07, 6.45) is 1.84. The number of benzene rings is 1. The fraction of sp³-hybridized carbons (Fsp3) is 0.333. The molecule has 0 saturated heterocycles. The van der Waals surface area contributed by atoms with Crippen molar-refractivity contribution in [1.29, 1.82) is 0 Å². The van der Waals surface area contributed by atoms with Crippen LogP contribution in [0.3, 0.4) is 0 Å². The molecular formula is C12H15N3. The van der Waals surface area contributed by atoms with E-state index in [1.807, 2.05) is 30.5 Å². The normalized spacial score (nSPS) is 12.9. The summed E-state index contributed by atoms with van der Waals surface area (Å²) in [6, 6.07) is 8.18. The maximum absolute atomic E-state index is 4.57. The van der Waals surface area contributed by atoms with Gasteiger partial charge < -0.3 is 5.32 Å². The quantitative estimate of drug-likeness (QED) is 0.828. The molecule has 2 rings (SSSR count). The number of aromatic nitrogens is 2. The van der Waals surface area contributed by atoms with Gasteiger partial charge in [0.05, 0.1) is 22.9 Å². The molecule has 1 unspecified atom stereocenters. The van der Waals surface area contributed by atoms with E-state index in [0.29, 0.717) is 0 Å². The predicted molar refractivity (Wildman–Crippen MR) is 61.6 cm³/mol. The number of nitrogens with one attached hydrogen (secondary N) is 1. The Hall–Kier alpha value is -1.48. The fourth-order valence-electron chi connectivity index (χ4n) is 1.59. The van der Waals surface area contributed by atoms with Gasteiger partial charge in [-0.15, -0.1) is 0 Å². The number of rotatable bonds is 3. The molecule has 0 aliphatic rings. The molecule has 0 radical (unpaired) electrons. The van der Waals surface area contributed by atoms with Crippen molar-refractivity contribution in [3.05, 3.63) is 36.2 Å². The highest BCUT2D eigenvalue weighted by atomic mass is 14.9. The molecule has 2 aromatic rings. The van der Waals surface area contributed by atoms with Gasteiger partial charge in [0.15, 0.2) is 0 Å². The minimum absolute atomic E-state index is 0.257. The van der Waals surface area contributed by atoms with Crippen LogP contribution in [-0.2, 0) is 0 Å². The van der Waals surface area contributed by atoms with Gasteiger partial charge in [0.2, 0.25) is 0 Å². The topological polar surface area (TPSA) is 37.8 Å². The predicted octanol–water partition coefficient (Wildman–Crippen LogP) is 2.30. The molecule has 0 saturated carbocycles. The zero-order valence-corrected chi connectivity index (χ0v) is 9.07. The van der Waals surface area contributed by atoms with Gasteiger partial charge in [-0.2, -0.15) is 0 Å². The van der Waals surface area contributed by atoms with Crippen LogP contribution in [0.1, 0.15) is 25.6 Å². The van der Waals surface area contributed by atoms with E-state index >= 15 is 0 Å². The molecule has 1 aromatic carbocycles. The Balaban J connectivity index is 2.38. The van der Waals surface area contributed by atoms with Gasteiger partial charge in [0.25, 0.3) is 0 Å². The van der Waals surface area contributed by atoms with Crippen LogP contribution in [0.5, 0.6) is 0 Å². The second-order valence-corrected chi connectivity index (χ2v) is 3.56. The zero-order chi connectivity index (χ0) is 10.7. The number of hydrogen-bond donors (Lipinski definition) is 1. The smallest absolute Gasteiger partial charge is 0.0890 e. The summed E-state index contributed by atoms with van der Waals surface area (Å²) in [6.45, 7) is 5.13. The molecule has 78 valence electrons. The first-order chi connectivity index (χ1) is 7.31. The lowest BCUT2D eigenvalue weighted by molar-refractivity contribution is 0.583. The minimum atomic E-state index is 0.257. The van der Waals surface area contributed by atoms with E-state index in [0.717, 1.165) is 23.3 Å². The van der Waals surface area contributed by atoms with Crippen molar-refractivity contribution < 1.29 is 0 Å². The molecule has 3 heteroatoms. The van der Waals surface area contributed by atoms with Crippen LogP contribution >= 0.6 is 0 Å².